The van der Waals surface area contributed by atoms with Gasteiger partial charge in [0.25, 0.3) is 0 Å². The summed E-state index contributed by atoms with van der Waals surface area (Å²) in [6, 6.07) is 0.365. The number of nitrogens with one attached hydrogen (secondary N) is 4. The van der Waals surface area contributed by atoms with Gasteiger partial charge in [0.15, 0.2) is 0 Å². The Morgan fingerprint density at radius 3 is 2.48 bits per heavy atom. The average molecular weight is 570 g/mol. The van der Waals surface area contributed by atoms with Gasteiger partial charge < -0.3 is 20.4 Å². The highest BCUT2D eigenvalue weighted by Gasteiger charge is 2.11. The normalized spacial score (nSPS) is 16.9. The zero-order valence-electron chi connectivity index (χ0n) is 24.8. The van der Waals surface area contributed by atoms with Crippen LogP contribution < -0.4 is 21.6 Å². The fraction of sp³-hybridized carbons (Fsp3) is 0.455. The molecule has 0 aromatic carbocycles. The summed E-state index contributed by atoms with van der Waals surface area (Å²) >= 11 is 1.82. The van der Waals surface area contributed by atoms with Crippen molar-refractivity contribution in [3.8, 4) is 0 Å². The number of piperazine rings is 1. The summed E-state index contributed by atoms with van der Waals surface area (Å²) in [5, 5.41) is 7.04. The molecule has 0 saturated carbocycles. The van der Waals surface area contributed by atoms with Gasteiger partial charge >= 0.3 is 0 Å². The first kappa shape index (κ1) is 37.1. The number of hydrogen-bond donors (Lipinski definition) is 4. The van der Waals surface area contributed by atoms with Gasteiger partial charge in [0.05, 0.1) is 0 Å². The maximum absolute atomic E-state index is 5.78. The van der Waals surface area contributed by atoms with Crippen LogP contribution in [0.4, 0.5) is 0 Å². The van der Waals surface area contributed by atoms with E-state index in [1.54, 1.807) is 0 Å². The molecule has 0 radical (unpaired) electrons. The lowest BCUT2D eigenvalue weighted by atomic mass is 10.2. The molecule has 1 saturated heterocycles. The van der Waals surface area contributed by atoms with Crippen molar-refractivity contribution in [2.24, 2.45) is 0 Å². The number of rotatable bonds is 16. The molecule has 1 heterocycles. The molecule has 6 nitrogen and oxygen atoms in total. The van der Waals surface area contributed by atoms with Crippen LogP contribution in [-0.2, 0) is 4.84 Å². The Morgan fingerprint density at radius 2 is 1.85 bits per heavy atom. The van der Waals surface area contributed by atoms with Gasteiger partial charge in [0.2, 0.25) is 0 Å². The van der Waals surface area contributed by atoms with Crippen LogP contribution in [0.5, 0.6) is 0 Å². The molecule has 7 heteroatoms. The first-order chi connectivity index (χ1) is 19.1. The van der Waals surface area contributed by atoms with Crippen LogP contribution in [0.2, 0.25) is 0 Å². The predicted molar refractivity (Wildman–Crippen MR) is 179 cm³/mol. The summed E-state index contributed by atoms with van der Waals surface area (Å²) in [7, 11) is 0. The molecule has 0 aromatic rings. The second-order valence-corrected chi connectivity index (χ2v) is 9.70. The summed E-state index contributed by atoms with van der Waals surface area (Å²) < 4.78 is 0. The van der Waals surface area contributed by atoms with Crippen LogP contribution in [0, 0.1) is 0 Å². The Bertz CT molecular complexity index is 936. The van der Waals surface area contributed by atoms with Gasteiger partial charge in [-0.25, -0.2) is 0 Å². The minimum atomic E-state index is 0. The van der Waals surface area contributed by atoms with E-state index in [4.69, 9.17) is 4.84 Å². The second-order valence-electron chi connectivity index (χ2n) is 8.60. The lowest BCUT2D eigenvalue weighted by Crippen LogP contribution is -2.42. The van der Waals surface area contributed by atoms with Crippen molar-refractivity contribution in [3.63, 3.8) is 0 Å². The molecular weight excluding hydrogens is 514 g/mol. The van der Waals surface area contributed by atoms with E-state index in [-0.39, 0.29) is 7.43 Å². The molecule has 0 spiro atoms. The Morgan fingerprint density at radius 1 is 1.10 bits per heavy atom. The van der Waals surface area contributed by atoms with E-state index in [1.807, 2.05) is 62.9 Å². The molecule has 0 unspecified atom stereocenters. The zero-order valence-corrected chi connectivity index (χ0v) is 25.6. The molecule has 224 valence electrons. The molecule has 1 aliphatic heterocycles. The van der Waals surface area contributed by atoms with Gasteiger partial charge in [0.1, 0.15) is 5.76 Å². The first-order valence-electron chi connectivity index (χ1n) is 14.2. The van der Waals surface area contributed by atoms with Crippen LogP contribution in [0.3, 0.4) is 0 Å². The molecule has 2 aliphatic rings. The first-order valence-corrected chi connectivity index (χ1v) is 15.2. The minimum Gasteiger partial charge on any atom is -0.390 e. The van der Waals surface area contributed by atoms with Gasteiger partial charge in [-0.2, -0.15) is 0 Å². The summed E-state index contributed by atoms with van der Waals surface area (Å²) in [5.41, 5.74) is 9.33. The van der Waals surface area contributed by atoms with Gasteiger partial charge in [-0.05, 0) is 68.7 Å². The molecule has 2 rings (SSSR count). The smallest absolute Gasteiger partial charge is 0.145 e. The van der Waals surface area contributed by atoms with Crippen LogP contribution in [0.1, 0.15) is 61.3 Å². The van der Waals surface area contributed by atoms with E-state index in [0.717, 1.165) is 74.0 Å². The monoisotopic (exact) mass is 569 g/mol. The Labute approximate surface area is 249 Å². The molecule has 0 amide bonds. The fourth-order valence-electron chi connectivity index (χ4n) is 3.66. The number of hydrogen-bond acceptors (Lipinski definition) is 7. The molecule has 1 aliphatic carbocycles. The third-order valence-corrected chi connectivity index (χ3v) is 7.17. The van der Waals surface area contributed by atoms with E-state index in [9.17, 15) is 0 Å². The van der Waals surface area contributed by atoms with Crippen LogP contribution in [-0.4, -0.2) is 42.9 Å². The SMILES string of the molecule is C.C=C/C(=C\C=C/C)SC[C@@H](CC)NC1=CCC=C(ONN/C(=C/C=C(\C=C)N2CCNCC2)CC)C=C1.CC. The van der Waals surface area contributed by atoms with Crippen LogP contribution in [0.15, 0.2) is 108 Å². The molecule has 0 bridgehead atoms. The zero-order chi connectivity index (χ0) is 28.7. The van der Waals surface area contributed by atoms with Crippen molar-refractivity contribution >= 4 is 11.8 Å². The maximum Gasteiger partial charge on any atom is 0.145 e. The number of thioether (sulfide) groups is 1. The summed E-state index contributed by atoms with van der Waals surface area (Å²) in [5.74, 6) is 1.74. The van der Waals surface area contributed by atoms with Crippen molar-refractivity contribution in [1.82, 2.24) is 26.5 Å². The van der Waals surface area contributed by atoms with Gasteiger partial charge in [-0.1, -0.05) is 78.2 Å². The van der Waals surface area contributed by atoms with Crippen molar-refractivity contribution in [1.29, 1.82) is 0 Å². The van der Waals surface area contributed by atoms with Crippen molar-refractivity contribution in [2.75, 3.05) is 31.9 Å². The topological polar surface area (TPSA) is 60.6 Å². The average Bonchev–Trinajstić information content (AvgIpc) is 3.22. The third kappa shape index (κ3) is 15.1. The number of hydrazine groups is 1. The van der Waals surface area contributed by atoms with E-state index < -0.39 is 0 Å². The lowest BCUT2D eigenvalue weighted by Gasteiger charge is -2.30. The molecule has 1 fully saturated rings. The van der Waals surface area contributed by atoms with E-state index in [1.165, 1.54) is 4.91 Å². The standard InChI is InChI=1S/C30H45N5OS.C2H6.CH4/c1-6-11-15-30(10-5)37-24-26(8-3)32-27-13-12-14-29(19-17-27)36-34-33-25(7-2)16-18-28(9-4)35-22-20-31-21-23-35;1-2;/h6,9-11,13-19,26,31-34H,4-5,7-8,12,20-24H2,1-3H3;1-2H3;1H4/b11-6-,25-16+,28-18+,30-15+;;/t26-;;/m1../s1. The predicted octanol–water partition coefficient (Wildman–Crippen LogP) is 7.42. The largest absolute Gasteiger partial charge is 0.390 e. The molecule has 1 atom stereocenters. The summed E-state index contributed by atoms with van der Waals surface area (Å²) in [4.78, 5) is 9.30. The summed E-state index contributed by atoms with van der Waals surface area (Å²) in [6.45, 7) is 22.2. The third-order valence-electron chi connectivity index (χ3n) is 5.96. The fourth-order valence-corrected chi connectivity index (χ4v) is 4.67. The number of allylic oxidation sites excluding steroid dienone is 12. The quantitative estimate of drug-likeness (QED) is 0.114. The molecule has 40 heavy (non-hydrogen) atoms. The Hall–Kier alpha value is -2.87. The van der Waals surface area contributed by atoms with Gasteiger partial charge in [-0.3, -0.25) is 5.43 Å². The number of nitrogens with zero attached hydrogens (tertiary/aromatic N) is 1. The van der Waals surface area contributed by atoms with Crippen LogP contribution in [0.25, 0.3) is 0 Å². The summed E-state index contributed by atoms with van der Waals surface area (Å²) in [6.07, 6.45) is 25.2. The lowest BCUT2D eigenvalue weighted by molar-refractivity contribution is 0.0850. The van der Waals surface area contributed by atoms with Crippen molar-refractivity contribution < 1.29 is 4.84 Å². The maximum atomic E-state index is 5.78. The van der Waals surface area contributed by atoms with Crippen LogP contribution >= 0.6 is 11.8 Å². The molecular formula is C33H55N5OS. The van der Waals surface area contributed by atoms with Gasteiger partial charge in [0, 0.05) is 60.0 Å². The second kappa shape index (κ2) is 24.0. The molecule has 4 N–H and O–H groups in total. The van der Waals surface area contributed by atoms with Crippen molar-refractivity contribution in [2.45, 2.75) is 67.3 Å². The Kier molecular flexibility index (Phi) is 22.3. The highest BCUT2D eigenvalue weighted by Crippen LogP contribution is 2.20. The van der Waals surface area contributed by atoms with E-state index in [0.29, 0.717) is 6.04 Å². The highest BCUT2D eigenvalue weighted by atomic mass is 32.2. The van der Waals surface area contributed by atoms with Crippen molar-refractivity contribution in [3.05, 3.63) is 108 Å². The van der Waals surface area contributed by atoms with E-state index >= 15 is 0 Å². The Balaban J connectivity index is 0.00000495. The van der Waals surface area contributed by atoms with Gasteiger partial charge in [-0.15, -0.1) is 11.8 Å². The van der Waals surface area contributed by atoms with E-state index in [2.05, 4.69) is 90.0 Å². The minimum absolute atomic E-state index is 0. The highest BCUT2D eigenvalue weighted by molar-refractivity contribution is 8.03. The molecule has 0 aromatic heterocycles.